The van der Waals surface area contributed by atoms with Gasteiger partial charge in [-0.1, -0.05) is 0 Å². The number of carbonyl (C=O) groups is 2. The number of benzene rings is 2. The van der Waals surface area contributed by atoms with Crippen molar-refractivity contribution < 1.29 is 29.3 Å². The maximum Gasteiger partial charge on any atom is 0.335 e. The Morgan fingerprint density at radius 3 is 2.42 bits per heavy atom. The molecule has 0 radical (unpaired) electrons. The molecule has 0 aliphatic heterocycles. The Bertz CT molecular complexity index is 1000. The normalized spacial score (nSPS) is 10.7. The number of hydrogen-bond acceptors (Lipinski definition) is 4. The molecule has 134 valence electrons. The summed E-state index contributed by atoms with van der Waals surface area (Å²) in [5.74, 6) is -0.959. The Balaban J connectivity index is 2.32. The molecule has 0 saturated carbocycles. The zero-order chi connectivity index (χ0) is 18.8. The molecule has 7 nitrogen and oxygen atoms in total. The average molecular weight is 355 g/mol. The van der Waals surface area contributed by atoms with E-state index in [1.165, 1.54) is 26.4 Å². The molecule has 0 amide bonds. The lowest BCUT2D eigenvalue weighted by atomic mass is 10.0. The van der Waals surface area contributed by atoms with Crippen molar-refractivity contribution in [3.63, 3.8) is 0 Å². The molecule has 3 N–H and O–H groups in total. The van der Waals surface area contributed by atoms with Crippen LogP contribution in [0.1, 0.15) is 15.9 Å². The molecule has 0 spiro atoms. The second kappa shape index (κ2) is 6.79. The third-order valence-corrected chi connectivity index (χ3v) is 4.16. The number of H-pyrrole nitrogens is 1. The van der Waals surface area contributed by atoms with E-state index in [-0.39, 0.29) is 12.0 Å². The van der Waals surface area contributed by atoms with Crippen molar-refractivity contribution in [3.05, 3.63) is 47.5 Å². The van der Waals surface area contributed by atoms with Crippen molar-refractivity contribution in [2.75, 3.05) is 14.2 Å². The van der Waals surface area contributed by atoms with E-state index in [9.17, 15) is 19.8 Å². The summed E-state index contributed by atoms with van der Waals surface area (Å²) in [7, 11) is 3.06. The van der Waals surface area contributed by atoms with Gasteiger partial charge in [-0.2, -0.15) is 0 Å². The van der Waals surface area contributed by atoms with E-state index >= 15 is 0 Å². The van der Waals surface area contributed by atoms with Gasteiger partial charge in [0.2, 0.25) is 0 Å². The minimum absolute atomic E-state index is 0.0901. The highest BCUT2D eigenvalue weighted by Gasteiger charge is 2.20. The number of hydrogen-bond donors (Lipinski definition) is 3. The number of aromatic carboxylic acids is 1. The van der Waals surface area contributed by atoms with Crippen molar-refractivity contribution in [1.82, 2.24) is 4.98 Å². The molecule has 0 saturated heterocycles. The van der Waals surface area contributed by atoms with Crippen molar-refractivity contribution >= 4 is 22.8 Å². The van der Waals surface area contributed by atoms with Crippen LogP contribution in [-0.4, -0.2) is 41.4 Å². The molecular weight excluding hydrogens is 338 g/mol. The molecule has 0 fully saturated rings. The van der Waals surface area contributed by atoms with Crippen LogP contribution in [-0.2, 0) is 11.2 Å². The standard InChI is InChI=1S/C19H17NO6/c1-25-11-4-6-16(26-2)14(8-11)18-13(9-17(21)22)12-7-10(19(23)24)3-5-15(12)20-18/h3-8,20H,9H2,1-2H3,(H,21,22)(H,23,24). The van der Waals surface area contributed by atoms with E-state index in [2.05, 4.69) is 4.98 Å². The Hall–Kier alpha value is -3.48. The molecule has 1 aromatic heterocycles. The molecular formula is C19H17NO6. The van der Waals surface area contributed by atoms with Gasteiger partial charge in [-0.25, -0.2) is 4.79 Å². The van der Waals surface area contributed by atoms with E-state index in [0.29, 0.717) is 39.2 Å². The minimum Gasteiger partial charge on any atom is -0.497 e. The maximum atomic E-state index is 11.4. The lowest BCUT2D eigenvalue weighted by Crippen LogP contribution is -2.02. The molecule has 0 aliphatic carbocycles. The maximum absolute atomic E-state index is 11.4. The monoisotopic (exact) mass is 355 g/mol. The SMILES string of the molecule is COc1ccc(OC)c(-c2[nH]c3ccc(C(=O)O)cc3c2CC(=O)O)c1. The summed E-state index contributed by atoms with van der Waals surface area (Å²) in [6.07, 6.45) is -0.265. The number of aromatic nitrogens is 1. The van der Waals surface area contributed by atoms with E-state index in [1.54, 1.807) is 24.3 Å². The van der Waals surface area contributed by atoms with Crippen molar-refractivity contribution in [2.24, 2.45) is 0 Å². The molecule has 1 heterocycles. The van der Waals surface area contributed by atoms with Crippen LogP contribution in [0.2, 0.25) is 0 Å². The van der Waals surface area contributed by atoms with Crippen LogP contribution in [0.15, 0.2) is 36.4 Å². The van der Waals surface area contributed by atoms with Crippen LogP contribution >= 0.6 is 0 Å². The quantitative estimate of drug-likeness (QED) is 0.627. The largest absolute Gasteiger partial charge is 0.497 e. The fraction of sp³-hybridized carbons (Fsp3) is 0.158. The molecule has 3 aromatic rings. The number of aliphatic carboxylic acids is 1. The lowest BCUT2D eigenvalue weighted by molar-refractivity contribution is -0.136. The molecule has 2 aromatic carbocycles. The molecule has 3 rings (SSSR count). The Labute approximate surface area is 148 Å². The number of carboxylic acid groups (broad SMARTS) is 2. The predicted molar refractivity (Wildman–Crippen MR) is 95.1 cm³/mol. The summed E-state index contributed by atoms with van der Waals surface area (Å²) < 4.78 is 10.7. The topological polar surface area (TPSA) is 109 Å². The molecule has 0 unspecified atom stereocenters. The van der Waals surface area contributed by atoms with Gasteiger partial charge in [0.15, 0.2) is 0 Å². The fourth-order valence-electron chi connectivity index (χ4n) is 2.95. The van der Waals surface area contributed by atoms with Gasteiger partial charge in [0, 0.05) is 16.5 Å². The summed E-state index contributed by atoms with van der Waals surface area (Å²) in [5, 5.41) is 19.1. The highest BCUT2D eigenvalue weighted by molar-refractivity contribution is 5.99. The van der Waals surface area contributed by atoms with Crippen LogP contribution in [0.3, 0.4) is 0 Å². The van der Waals surface area contributed by atoms with Gasteiger partial charge in [-0.3, -0.25) is 4.79 Å². The number of rotatable bonds is 6. The van der Waals surface area contributed by atoms with Crippen molar-refractivity contribution in [2.45, 2.75) is 6.42 Å². The van der Waals surface area contributed by atoms with E-state index in [1.807, 2.05) is 0 Å². The number of nitrogens with one attached hydrogen (secondary N) is 1. The Morgan fingerprint density at radius 2 is 1.81 bits per heavy atom. The summed E-state index contributed by atoms with van der Waals surface area (Å²) in [6, 6.07) is 9.78. The summed E-state index contributed by atoms with van der Waals surface area (Å²) >= 11 is 0. The van der Waals surface area contributed by atoms with Crippen LogP contribution in [0.25, 0.3) is 22.2 Å². The second-order valence-corrected chi connectivity index (χ2v) is 5.68. The number of aromatic amines is 1. The van der Waals surface area contributed by atoms with Crippen LogP contribution < -0.4 is 9.47 Å². The van der Waals surface area contributed by atoms with Gasteiger partial charge in [-0.15, -0.1) is 0 Å². The number of ether oxygens (including phenoxy) is 2. The summed E-state index contributed by atoms with van der Waals surface area (Å²) in [6.45, 7) is 0. The van der Waals surface area contributed by atoms with Gasteiger partial charge < -0.3 is 24.7 Å². The van der Waals surface area contributed by atoms with Crippen molar-refractivity contribution in [1.29, 1.82) is 0 Å². The summed E-state index contributed by atoms with van der Waals surface area (Å²) in [5.41, 5.74) is 2.41. The molecule has 7 heteroatoms. The van der Waals surface area contributed by atoms with Gasteiger partial charge in [0.1, 0.15) is 11.5 Å². The Kier molecular flexibility index (Phi) is 4.53. The lowest BCUT2D eigenvalue weighted by Gasteiger charge is -2.11. The molecule has 0 atom stereocenters. The van der Waals surface area contributed by atoms with Crippen LogP contribution in [0.5, 0.6) is 11.5 Å². The summed E-state index contributed by atoms with van der Waals surface area (Å²) in [4.78, 5) is 25.9. The predicted octanol–water partition coefficient (Wildman–Crippen LogP) is 3.18. The van der Waals surface area contributed by atoms with E-state index in [0.717, 1.165) is 0 Å². The van der Waals surface area contributed by atoms with Crippen LogP contribution in [0, 0.1) is 0 Å². The average Bonchev–Trinajstić information content (AvgIpc) is 2.98. The van der Waals surface area contributed by atoms with Crippen molar-refractivity contribution in [3.8, 4) is 22.8 Å². The third kappa shape index (κ3) is 3.06. The highest BCUT2D eigenvalue weighted by atomic mass is 16.5. The molecule has 26 heavy (non-hydrogen) atoms. The number of carboxylic acids is 2. The molecule has 0 aliphatic rings. The number of methoxy groups -OCH3 is 2. The zero-order valence-electron chi connectivity index (χ0n) is 14.2. The first-order valence-corrected chi connectivity index (χ1v) is 7.76. The highest BCUT2D eigenvalue weighted by Crippen LogP contribution is 2.38. The zero-order valence-corrected chi connectivity index (χ0v) is 14.2. The van der Waals surface area contributed by atoms with Crippen LogP contribution in [0.4, 0.5) is 0 Å². The first-order chi connectivity index (χ1) is 12.4. The second-order valence-electron chi connectivity index (χ2n) is 5.68. The minimum atomic E-state index is -1.07. The first kappa shape index (κ1) is 17.3. The first-order valence-electron chi connectivity index (χ1n) is 7.76. The Morgan fingerprint density at radius 1 is 1.04 bits per heavy atom. The fourth-order valence-corrected chi connectivity index (χ4v) is 2.95. The smallest absolute Gasteiger partial charge is 0.335 e. The van der Waals surface area contributed by atoms with E-state index in [4.69, 9.17) is 9.47 Å². The van der Waals surface area contributed by atoms with Gasteiger partial charge in [0.25, 0.3) is 0 Å². The van der Waals surface area contributed by atoms with E-state index < -0.39 is 11.9 Å². The third-order valence-electron chi connectivity index (χ3n) is 4.16. The van der Waals surface area contributed by atoms with Gasteiger partial charge >= 0.3 is 11.9 Å². The van der Waals surface area contributed by atoms with Gasteiger partial charge in [0.05, 0.1) is 31.9 Å². The number of fused-ring (bicyclic) bond motifs is 1. The van der Waals surface area contributed by atoms with Gasteiger partial charge in [-0.05, 0) is 42.0 Å². The molecule has 0 bridgehead atoms.